The molecule has 1 aromatic rings. The van der Waals surface area contributed by atoms with Crippen molar-refractivity contribution in [3.05, 3.63) is 52.0 Å². The van der Waals surface area contributed by atoms with E-state index < -0.39 is 0 Å². The highest BCUT2D eigenvalue weighted by Gasteiger charge is 2.53. The van der Waals surface area contributed by atoms with Crippen molar-refractivity contribution in [3.8, 4) is 0 Å². The van der Waals surface area contributed by atoms with Crippen LogP contribution in [0.5, 0.6) is 0 Å². The highest BCUT2D eigenvalue weighted by molar-refractivity contribution is 9.12. The number of benzene rings is 1. The van der Waals surface area contributed by atoms with Gasteiger partial charge in [-0.3, -0.25) is 9.59 Å². The number of rotatable bonds is 5. The third kappa shape index (κ3) is 3.66. The number of carbonyl (C=O) groups is 3. The predicted octanol–water partition coefficient (Wildman–Crippen LogP) is 4.58. The minimum Gasteiger partial charge on any atom is -0.455 e. The van der Waals surface area contributed by atoms with E-state index in [2.05, 4.69) is 21.2 Å². The first-order valence-electron chi connectivity index (χ1n) is 10.6. The summed E-state index contributed by atoms with van der Waals surface area (Å²) in [6, 6.07) is 7.11. The molecule has 4 bridgehead atoms. The molecule has 0 aliphatic heterocycles. The molecule has 0 heterocycles. The Morgan fingerprint density at radius 1 is 0.967 bits per heavy atom. The van der Waals surface area contributed by atoms with Gasteiger partial charge in [0.15, 0.2) is 11.6 Å². The summed E-state index contributed by atoms with van der Waals surface area (Å²) in [6.45, 7) is 0.229. The van der Waals surface area contributed by atoms with Crippen LogP contribution in [0.15, 0.2) is 46.5 Å². The largest absolute Gasteiger partial charge is 0.455 e. The van der Waals surface area contributed by atoms with Crippen LogP contribution < -0.4 is 5.32 Å². The maximum absolute atomic E-state index is 12.8. The Morgan fingerprint density at radius 2 is 1.53 bits per heavy atom. The van der Waals surface area contributed by atoms with Gasteiger partial charge in [-0.1, -0.05) is 0 Å². The Labute approximate surface area is 184 Å². The molecule has 1 aromatic carbocycles. The summed E-state index contributed by atoms with van der Waals surface area (Å²) in [5.41, 5.74) is 1.46. The first kappa shape index (κ1) is 19.7. The number of halogens is 1. The number of ether oxygens (including phenoxy) is 1. The number of hydrogen-bond acceptors (Lipinski definition) is 5. The van der Waals surface area contributed by atoms with Gasteiger partial charge in [-0.15, -0.1) is 0 Å². The van der Waals surface area contributed by atoms with Gasteiger partial charge in [0.2, 0.25) is 0 Å². The van der Waals surface area contributed by atoms with Gasteiger partial charge >= 0.3 is 5.97 Å². The summed E-state index contributed by atoms with van der Waals surface area (Å²) >= 11 is 3.20. The van der Waals surface area contributed by atoms with E-state index in [4.69, 9.17) is 4.74 Å². The van der Waals surface area contributed by atoms with Gasteiger partial charge in [0, 0.05) is 17.8 Å². The highest BCUT2D eigenvalue weighted by atomic mass is 79.9. The first-order valence-corrected chi connectivity index (χ1v) is 11.4. The SMILES string of the molecule is O=C1C=CC(=O)C(CNc2ccc(C(=O)OC34CC5CC(CC(C5)C3)C4)cc2)=C1Br. The standard InChI is InChI=1S/C24H24BrNO4/c25-22-19(20(27)5-6-21(22)28)13-26-18-3-1-17(2-4-18)23(29)30-24-10-14-7-15(11-24)9-16(8-14)12-24/h1-6,14-16,26H,7-13H2. The fourth-order valence-electron chi connectivity index (χ4n) is 6.07. The zero-order chi connectivity index (χ0) is 20.9. The van der Waals surface area contributed by atoms with Crippen molar-refractivity contribution < 1.29 is 19.1 Å². The molecule has 4 saturated carbocycles. The molecular formula is C24H24BrNO4. The molecule has 5 aliphatic rings. The molecule has 5 nitrogen and oxygen atoms in total. The van der Waals surface area contributed by atoms with E-state index >= 15 is 0 Å². The van der Waals surface area contributed by atoms with Crippen LogP contribution in [-0.4, -0.2) is 29.7 Å². The molecule has 6 heteroatoms. The van der Waals surface area contributed by atoms with Crippen LogP contribution in [0.4, 0.5) is 5.69 Å². The van der Waals surface area contributed by atoms with Gasteiger partial charge in [-0.25, -0.2) is 4.79 Å². The summed E-state index contributed by atoms with van der Waals surface area (Å²) in [4.78, 5) is 36.5. The molecule has 0 spiro atoms. The molecule has 1 N–H and O–H groups in total. The first-order chi connectivity index (χ1) is 14.4. The number of anilines is 1. The van der Waals surface area contributed by atoms with Crippen LogP contribution in [0.25, 0.3) is 0 Å². The Kier molecular flexibility index (Phi) is 4.92. The number of nitrogens with one attached hydrogen (secondary N) is 1. The van der Waals surface area contributed by atoms with E-state index in [0.717, 1.165) is 42.7 Å². The Bertz CT molecular complexity index is 940. The predicted molar refractivity (Wildman–Crippen MR) is 116 cm³/mol. The fraction of sp³-hybridized carbons (Fsp3) is 0.458. The molecule has 156 valence electrons. The van der Waals surface area contributed by atoms with Gasteiger partial charge in [0.1, 0.15) is 5.60 Å². The van der Waals surface area contributed by atoms with Crippen molar-refractivity contribution in [1.82, 2.24) is 0 Å². The van der Waals surface area contributed by atoms with Crippen LogP contribution in [0, 0.1) is 17.8 Å². The van der Waals surface area contributed by atoms with Crippen LogP contribution in [0.1, 0.15) is 48.9 Å². The zero-order valence-corrected chi connectivity index (χ0v) is 18.2. The summed E-state index contributed by atoms with van der Waals surface area (Å²) < 4.78 is 6.40. The van der Waals surface area contributed by atoms with Crippen molar-refractivity contribution in [2.24, 2.45) is 17.8 Å². The van der Waals surface area contributed by atoms with E-state index in [-0.39, 0.29) is 29.7 Å². The van der Waals surface area contributed by atoms with Gasteiger partial charge in [0.25, 0.3) is 0 Å². The Morgan fingerprint density at radius 3 is 2.13 bits per heavy atom. The smallest absolute Gasteiger partial charge is 0.338 e. The van der Waals surface area contributed by atoms with Gasteiger partial charge in [0.05, 0.1) is 10.0 Å². The molecule has 0 atom stereocenters. The lowest BCUT2D eigenvalue weighted by Crippen LogP contribution is -2.52. The van der Waals surface area contributed by atoms with Crippen molar-refractivity contribution in [2.75, 3.05) is 11.9 Å². The van der Waals surface area contributed by atoms with Crippen LogP contribution in [0.3, 0.4) is 0 Å². The third-order valence-corrected chi connectivity index (χ3v) is 7.92. The number of esters is 1. The number of ketones is 2. The van der Waals surface area contributed by atoms with E-state index in [1.54, 1.807) is 24.3 Å². The van der Waals surface area contributed by atoms with Crippen LogP contribution in [0.2, 0.25) is 0 Å². The lowest BCUT2D eigenvalue weighted by atomic mass is 9.54. The Balaban J connectivity index is 1.22. The lowest BCUT2D eigenvalue weighted by Gasteiger charge is -2.55. The quantitative estimate of drug-likeness (QED) is 0.504. The van der Waals surface area contributed by atoms with Gasteiger partial charge in [-0.05, 0) is 109 Å². The summed E-state index contributed by atoms with van der Waals surface area (Å²) in [7, 11) is 0. The van der Waals surface area contributed by atoms with Crippen molar-refractivity contribution in [1.29, 1.82) is 0 Å². The monoisotopic (exact) mass is 469 g/mol. The lowest BCUT2D eigenvalue weighted by molar-refractivity contribution is -0.131. The topological polar surface area (TPSA) is 72.5 Å². The summed E-state index contributed by atoms with van der Waals surface area (Å²) in [5.74, 6) is 1.54. The minimum absolute atomic E-state index is 0.190. The van der Waals surface area contributed by atoms with Crippen LogP contribution >= 0.6 is 15.9 Å². The molecule has 30 heavy (non-hydrogen) atoms. The second kappa shape index (κ2) is 7.49. The highest BCUT2D eigenvalue weighted by Crippen LogP contribution is 2.57. The van der Waals surface area contributed by atoms with Gasteiger partial charge in [-0.2, -0.15) is 0 Å². The molecule has 0 amide bonds. The fourth-order valence-corrected chi connectivity index (χ4v) is 6.54. The van der Waals surface area contributed by atoms with E-state index in [0.29, 0.717) is 15.6 Å². The Hall–Kier alpha value is -2.21. The molecule has 0 aromatic heterocycles. The molecular weight excluding hydrogens is 446 g/mol. The normalized spacial score (nSPS) is 32.0. The van der Waals surface area contributed by atoms with Crippen molar-refractivity contribution in [2.45, 2.75) is 44.1 Å². The molecule has 6 rings (SSSR count). The number of carbonyl (C=O) groups excluding carboxylic acids is 3. The van der Waals surface area contributed by atoms with E-state index in [9.17, 15) is 14.4 Å². The second-order valence-corrected chi connectivity index (χ2v) is 10.1. The van der Waals surface area contributed by atoms with Crippen molar-refractivity contribution in [3.63, 3.8) is 0 Å². The third-order valence-electron chi connectivity index (χ3n) is 7.05. The molecule has 0 radical (unpaired) electrons. The second-order valence-electron chi connectivity index (χ2n) is 9.28. The summed E-state index contributed by atoms with van der Waals surface area (Å²) in [5, 5.41) is 3.14. The van der Waals surface area contributed by atoms with E-state index in [1.165, 1.54) is 31.4 Å². The molecule has 4 fully saturated rings. The van der Waals surface area contributed by atoms with E-state index in [1.807, 2.05) is 0 Å². The molecule has 5 aliphatic carbocycles. The molecule has 0 unspecified atom stereocenters. The molecule has 0 saturated heterocycles. The van der Waals surface area contributed by atoms with Gasteiger partial charge < -0.3 is 10.1 Å². The number of allylic oxidation sites excluding steroid dienone is 3. The van der Waals surface area contributed by atoms with Crippen LogP contribution in [-0.2, 0) is 14.3 Å². The number of hydrogen-bond donors (Lipinski definition) is 1. The van der Waals surface area contributed by atoms with Crippen molar-refractivity contribution >= 4 is 39.2 Å². The average Bonchev–Trinajstić information content (AvgIpc) is 2.70. The average molecular weight is 470 g/mol. The maximum Gasteiger partial charge on any atom is 0.338 e. The maximum atomic E-state index is 12.8. The summed E-state index contributed by atoms with van der Waals surface area (Å²) in [6.07, 6.45) is 9.56. The zero-order valence-electron chi connectivity index (χ0n) is 16.7. The minimum atomic E-state index is -0.247.